The summed E-state index contributed by atoms with van der Waals surface area (Å²) in [5.41, 5.74) is 10.9. The summed E-state index contributed by atoms with van der Waals surface area (Å²) in [5, 5.41) is 10.4. The molecule has 2 nitrogen and oxygen atoms in total. The summed E-state index contributed by atoms with van der Waals surface area (Å²) in [5.74, 6) is 0. The van der Waals surface area contributed by atoms with E-state index >= 15 is 0 Å². The highest BCUT2D eigenvalue weighted by Crippen LogP contribution is 2.45. The SMILES string of the molecule is CC1(C)CCC(C)(C)c2cc([Si](c3ccccc3)(c3ccccc3)c3cccc(-n4c5ccccc5c5cc(-c6cccc7c6oc6ccccc67)ccc54)c3)ccc21. The van der Waals surface area contributed by atoms with Gasteiger partial charge in [0.25, 0.3) is 0 Å². The molecular formula is C56H47NOSi. The fourth-order valence-electron chi connectivity index (χ4n) is 10.5. The fourth-order valence-corrected chi connectivity index (χ4v) is 15.3. The summed E-state index contributed by atoms with van der Waals surface area (Å²) in [6.45, 7) is 9.75. The van der Waals surface area contributed by atoms with Crippen LogP contribution < -0.4 is 20.7 Å². The van der Waals surface area contributed by atoms with E-state index in [1.54, 1.807) is 0 Å². The van der Waals surface area contributed by atoms with Crippen LogP contribution in [0.5, 0.6) is 0 Å². The van der Waals surface area contributed by atoms with Gasteiger partial charge in [-0.2, -0.15) is 0 Å². The topological polar surface area (TPSA) is 18.1 Å². The number of nitrogens with zero attached hydrogens (tertiary/aromatic N) is 1. The highest BCUT2D eigenvalue weighted by Gasteiger charge is 2.44. The summed E-state index contributed by atoms with van der Waals surface area (Å²) in [7, 11) is -2.86. The zero-order chi connectivity index (χ0) is 39.9. The first kappa shape index (κ1) is 35.7. The molecule has 1 aliphatic rings. The highest BCUT2D eigenvalue weighted by molar-refractivity contribution is 7.19. The van der Waals surface area contributed by atoms with Crippen molar-refractivity contribution < 1.29 is 4.42 Å². The van der Waals surface area contributed by atoms with Crippen molar-refractivity contribution in [2.75, 3.05) is 0 Å². The van der Waals surface area contributed by atoms with Crippen LogP contribution >= 0.6 is 0 Å². The third-order valence-corrected chi connectivity index (χ3v) is 18.4. The number of aromatic nitrogens is 1. The van der Waals surface area contributed by atoms with Crippen molar-refractivity contribution in [2.24, 2.45) is 0 Å². The molecule has 0 unspecified atom stereocenters. The van der Waals surface area contributed by atoms with Crippen molar-refractivity contribution in [1.29, 1.82) is 0 Å². The van der Waals surface area contributed by atoms with Crippen LogP contribution in [-0.4, -0.2) is 12.6 Å². The minimum Gasteiger partial charge on any atom is -0.455 e. The standard InChI is InChI=1S/C56H47NOSi/c1-55(2)33-34-56(3,4)50-37-43(30-31-49(50)55)59(40-18-7-5-8-19-40,41-20-9-6-10-21-41)42-22-15-17-39(36-42)57-51-27-13-11-23-45(51)48-35-38(29-32-52(48)57)44-25-16-26-47-46-24-12-14-28-53(46)58-54(44)47/h5-32,35-37H,33-34H2,1-4H3. The molecule has 1 aliphatic carbocycles. The smallest absolute Gasteiger partial charge is 0.179 e. The molecule has 0 radical (unpaired) electrons. The molecule has 0 saturated carbocycles. The van der Waals surface area contributed by atoms with E-state index in [9.17, 15) is 0 Å². The van der Waals surface area contributed by atoms with E-state index in [4.69, 9.17) is 4.42 Å². The van der Waals surface area contributed by atoms with Crippen LogP contribution in [0.2, 0.25) is 0 Å². The normalized spacial score (nSPS) is 14.9. The molecule has 11 rings (SSSR count). The van der Waals surface area contributed by atoms with Gasteiger partial charge in [0, 0.05) is 32.8 Å². The molecule has 0 amide bonds. The zero-order valence-electron chi connectivity index (χ0n) is 34.2. The zero-order valence-corrected chi connectivity index (χ0v) is 35.2. The van der Waals surface area contributed by atoms with E-state index in [0.29, 0.717) is 0 Å². The van der Waals surface area contributed by atoms with Crippen molar-refractivity contribution in [3.05, 3.63) is 199 Å². The largest absolute Gasteiger partial charge is 0.455 e. The van der Waals surface area contributed by atoms with Crippen LogP contribution in [0.3, 0.4) is 0 Å². The number of benzene rings is 8. The van der Waals surface area contributed by atoms with Crippen LogP contribution in [0, 0.1) is 0 Å². The predicted octanol–water partition coefficient (Wildman–Crippen LogP) is 12.1. The number of fused-ring (bicyclic) bond motifs is 7. The summed E-state index contributed by atoms with van der Waals surface area (Å²) in [4.78, 5) is 0. The Morgan fingerprint density at radius 2 is 1.03 bits per heavy atom. The molecule has 2 aromatic heterocycles. The number of hydrogen-bond acceptors (Lipinski definition) is 1. The Bertz CT molecular complexity index is 3180. The van der Waals surface area contributed by atoms with E-state index in [1.807, 2.05) is 6.07 Å². The summed E-state index contributed by atoms with van der Waals surface area (Å²) in [6.07, 6.45) is 2.38. The second-order valence-corrected chi connectivity index (χ2v) is 21.7. The Balaban J connectivity index is 1.15. The maximum Gasteiger partial charge on any atom is 0.179 e. The first-order valence-corrected chi connectivity index (χ1v) is 23.1. The van der Waals surface area contributed by atoms with E-state index in [1.165, 1.54) is 72.2 Å². The van der Waals surface area contributed by atoms with Gasteiger partial charge in [-0.15, -0.1) is 0 Å². The molecule has 0 saturated heterocycles. The average molecular weight is 778 g/mol. The first-order valence-electron chi connectivity index (χ1n) is 21.1. The van der Waals surface area contributed by atoms with Gasteiger partial charge in [-0.05, 0) is 97.5 Å². The van der Waals surface area contributed by atoms with Gasteiger partial charge < -0.3 is 8.98 Å². The van der Waals surface area contributed by atoms with Gasteiger partial charge >= 0.3 is 0 Å². The summed E-state index contributed by atoms with van der Waals surface area (Å²) in [6, 6.07) is 70.5. The Labute approximate surface area is 347 Å². The lowest BCUT2D eigenvalue weighted by atomic mass is 9.63. The molecular weight excluding hydrogens is 731 g/mol. The van der Waals surface area contributed by atoms with Crippen LogP contribution in [0.25, 0.3) is 60.6 Å². The molecule has 2 heterocycles. The van der Waals surface area contributed by atoms with Crippen LogP contribution in [-0.2, 0) is 10.8 Å². The van der Waals surface area contributed by atoms with E-state index in [0.717, 1.165) is 33.1 Å². The van der Waals surface area contributed by atoms with Crippen LogP contribution in [0.4, 0.5) is 0 Å². The van der Waals surface area contributed by atoms with E-state index in [2.05, 4.69) is 214 Å². The van der Waals surface area contributed by atoms with Gasteiger partial charge in [0.15, 0.2) is 8.07 Å². The van der Waals surface area contributed by atoms with Gasteiger partial charge in [-0.1, -0.05) is 179 Å². The number of para-hydroxylation sites is 3. The number of furan rings is 1. The van der Waals surface area contributed by atoms with E-state index in [-0.39, 0.29) is 10.8 Å². The molecule has 0 N–H and O–H groups in total. The molecule has 0 atom stereocenters. The highest BCUT2D eigenvalue weighted by atomic mass is 28.3. The van der Waals surface area contributed by atoms with E-state index < -0.39 is 8.07 Å². The lowest BCUT2D eigenvalue weighted by Crippen LogP contribution is -2.75. The summed E-state index contributed by atoms with van der Waals surface area (Å²) < 4.78 is 9.00. The maximum absolute atomic E-state index is 6.52. The predicted molar refractivity (Wildman–Crippen MR) is 252 cm³/mol. The summed E-state index contributed by atoms with van der Waals surface area (Å²) >= 11 is 0. The van der Waals surface area contributed by atoms with Crippen molar-refractivity contribution in [3.8, 4) is 16.8 Å². The lowest BCUT2D eigenvalue weighted by molar-refractivity contribution is 0.332. The van der Waals surface area contributed by atoms with Gasteiger partial charge in [0.2, 0.25) is 0 Å². The Kier molecular flexibility index (Phi) is 8.06. The Hall–Kier alpha value is -6.42. The maximum atomic E-state index is 6.52. The second-order valence-electron chi connectivity index (χ2n) is 17.9. The third kappa shape index (κ3) is 5.45. The minimum absolute atomic E-state index is 0.0913. The van der Waals surface area contributed by atoms with Crippen LogP contribution in [0.15, 0.2) is 192 Å². The van der Waals surface area contributed by atoms with Crippen molar-refractivity contribution >= 4 is 72.6 Å². The third-order valence-electron chi connectivity index (χ3n) is 13.6. The molecule has 0 aliphatic heterocycles. The molecule has 0 spiro atoms. The molecule has 0 fully saturated rings. The molecule has 0 bridgehead atoms. The average Bonchev–Trinajstić information content (AvgIpc) is 3.82. The Morgan fingerprint density at radius 3 is 1.80 bits per heavy atom. The first-order chi connectivity index (χ1) is 28.7. The second kappa shape index (κ2) is 13.3. The van der Waals surface area contributed by atoms with Crippen molar-refractivity contribution in [2.45, 2.75) is 51.4 Å². The molecule has 8 aromatic carbocycles. The lowest BCUT2D eigenvalue weighted by Gasteiger charge is -2.43. The van der Waals surface area contributed by atoms with Gasteiger partial charge in [-0.3, -0.25) is 0 Å². The monoisotopic (exact) mass is 777 g/mol. The van der Waals surface area contributed by atoms with Crippen LogP contribution in [0.1, 0.15) is 51.7 Å². The van der Waals surface area contributed by atoms with Crippen molar-refractivity contribution in [3.63, 3.8) is 0 Å². The number of hydrogen-bond donors (Lipinski definition) is 0. The Morgan fingerprint density at radius 1 is 0.441 bits per heavy atom. The van der Waals surface area contributed by atoms with Gasteiger partial charge in [0.1, 0.15) is 11.2 Å². The molecule has 59 heavy (non-hydrogen) atoms. The minimum atomic E-state index is -2.86. The van der Waals surface area contributed by atoms with Crippen molar-refractivity contribution in [1.82, 2.24) is 4.57 Å². The fraction of sp³-hybridized carbons (Fsp3) is 0.143. The van der Waals surface area contributed by atoms with Gasteiger partial charge in [0.05, 0.1) is 11.0 Å². The molecule has 10 aromatic rings. The quantitative estimate of drug-likeness (QED) is 0.121. The molecule has 3 heteroatoms. The van der Waals surface area contributed by atoms with Gasteiger partial charge in [-0.25, -0.2) is 0 Å². The number of rotatable bonds is 6. The molecule has 286 valence electrons.